The highest BCUT2D eigenvalue weighted by molar-refractivity contribution is 5.99. The lowest BCUT2D eigenvalue weighted by Crippen LogP contribution is -2.65. The molecule has 2 saturated heterocycles. The van der Waals surface area contributed by atoms with E-state index in [0.29, 0.717) is 4.90 Å². The van der Waals surface area contributed by atoms with Crippen molar-refractivity contribution in [2.45, 2.75) is 44.2 Å². The molecule has 3 unspecified atom stereocenters. The Labute approximate surface area is 118 Å². The number of ether oxygens (including phenoxy) is 2. The molecule has 2 aliphatic rings. The molecule has 5 atom stereocenters. The largest absolute Gasteiger partial charge is 0.438 e. The van der Waals surface area contributed by atoms with Gasteiger partial charge >= 0.3 is 12.0 Å². The first-order valence-electron chi connectivity index (χ1n) is 6.24. The van der Waals surface area contributed by atoms with Crippen molar-refractivity contribution in [3.05, 3.63) is 0 Å². The van der Waals surface area contributed by atoms with Gasteiger partial charge in [0.15, 0.2) is 0 Å². The van der Waals surface area contributed by atoms with Gasteiger partial charge in [-0.2, -0.15) is 0 Å². The summed E-state index contributed by atoms with van der Waals surface area (Å²) in [6.07, 6.45) is -7.32. The summed E-state index contributed by atoms with van der Waals surface area (Å²) in [7, 11) is 0. The maximum atomic E-state index is 13.9. The molecule has 9 nitrogen and oxygen atoms in total. The van der Waals surface area contributed by atoms with E-state index in [9.17, 15) is 23.9 Å². The number of aliphatic hydroxyl groups is 2. The van der Waals surface area contributed by atoms with Crippen LogP contribution in [0, 0.1) is 0 Å². The first-order chi connectivity index (χ1) is 9.85. The summed E-state index contributed by atoms with van der Waals surface area (Å²) >= 11 is 0. The van der Waals surface area contributed by atoms with E-state index in [1.807, 2.05) is 0 Å². The number of esters is 1. The topological polar surface area (TPSA) is 125 Å². The third kappa shape index (κ3) is 2.96. The lowest BCUT2D eigenvalue weighted by atomic mass is 10.1. The number of halogens is 1. The highest BCUT2D eigenvalue weighted by atomic mass is 19.1. The van der Waals surface area contributed by atoms with E-state index >= 15 is 0 Å². The van der Waals surface area contributed by atoms with Crippen LogP contribution in [0.15, 0.2) is 0 Å². The Morgan fingerprint density at radius 1 is 1.57 bits per heavy atom. The molecule has 0 saturated carbocycles. The number of aliphatic hydroxyl groups excluding tert-OH is 2. The Hall–Kier alpha value is -1.78. The number of carbonyl (C=O) groups is 3. The number of nitrogens with one attached hydrogen (secondary N) is 1. The zero-order valence-electron chi connectivity index (χ0n) is 11.1. The Morgan fingerprint density at radius 2 is 2.24 bits per heavy atom. The number of rotatable bonds is 3. The molecule has 118 valence electrons. The van der Waals surface area contributed by atoms with Gasteiger partial charge in [0.05, 0.1) is 12.7 Å². The molecule has 2 heterocycles. The molecule has 0 spiro atoms. The van der Waals surface area contributed by atoms with Crippen LogP contribution in [0.4, 0.5) is 9.18 Å². The minimum absolute atomic E-state index is 0.114. The number of amides is 3. The van der Waals surface area contributed by atoms with Crippen molar-refractivity contribution < 1.29 is 38.5 Å². The molecule has 0 aromatic heterocycles. The second-order valence-electron chi connectivity index (χ2n) is 4.72. The molecule has 0 radical (unpaired) electrons. The second-order valence-corrected chi connectivity index (χ2v) is 4.72. The number of nitrogens with zero attached hydrogens (tertiary/aromatic N) is 1. The standard InChI is InChI=1S/C11H15FN2O7/c1-4(16)20-10-8(12)9(18)13-11(19)14(10)7-2-5(17)6(3-15)21-7/h5-8,10,15,17H,2-3H2,1H3,(H,13,18,19)/t5?,6-,7-,8?,10?/m0/s1. The lowest BCUT2D eigenvalue weighted by molar-refractivity contribution is -0.182. The molecule has 0 aliphatic carbocycles. The average molecular weight is 306 g/mol. The molecule has 10 heteroatoms. The minimum atomic E-state index is -2.28. The van der Waals surface area contributed by atoms with Crippen molar-refractivity contribution in [3.63, 3.8) is 0 Å². The van der Waals surface area contributed by atoms with E-state index in [4.69, 9.17) is 9.84 Å². The fraction of sp³-hybridized carbons (Fsp3) is 0.727. The first-order valence-corrected chi connectivity index (χ1v) is 6.24. The summed E-state index contributed by atoms with van der Waals surface area (Å²) < 4.78 is 23.8. The van der Waals surface area contributed by atoms with Gasteiger partial charge in [0.1, 0.15) is 12.3 Å². The van der Waals surface area contributed by atoms with Crippen LogP contribution in [0.1, 0.15) is 13.3 Å². The summed E-state index contributed by atoms with van der Waals surface area (Å²) in [6.45, 7) is 0.506. The van der Waals surface area contributed by atoms with E-state index in [1.165, 1.54) is 0 Å². The van der Waals surface area contributed by atoms with Crippen LogP contribution in [0.3, 0.4) is 0 Å². The maximum absolute atomic E-state index is 13.9. The van der Waals surface area contributed by atoms with Crippen molar-refractivity contribution in [1.29, 1.82) is 0 Å². The number of carbonyl (C=O) groups excluding carboxylic acids is 3. The Balaban J connectivity index is 2.22. The summed E-state index contributed by atoms with van der Waals surface area (Å²) in [5, 5.41) is 20.4. The molecule has 3 N–H and O–H groups in total. The van der Waals surface area contributed by atoms with E-state index in [1.54, 1.807) is 5.32 Å². The molecule has 21 heavy (non-hydrogen) atoms. The van der Waals surface area contributed by atoms with Gasteiger partial charge in [-0.1, -0.05) is 0 Å². The van der Waals surface area contributed by atoms with Crippen molar-refractivity contribution in [1.82, 2.24) is 10.2 Å². The second kappa shape index (κ2) is 5.92. The van der Waals surface area contributed by atoms with Crippen LogP contribution in [0.5, 0.6) is 0 Å². The SMILES string of the molecule is CC(=O)OC1C(F)C(=O)NC(=O)N1[C@@H]1CC(O)[C@H](CO)O1. The van der Waals surface area contributed by atoms with Gasteiger partial charge < -0.3 is 19.7 Å². The van der Waals surface area contributed by atoms with E-state index < -0.39 is 55.3 Å². The van der Waals surface area contributed by atoms with Gasteiger partial charge in [-0.15, -0.1) is 0 Å². The number of imide groups is 1. The minimum Gasteiger partial charge on any atom is -0.438 e. The van der Waals surface area contributed by atoms with Gasteiger partial charge in [-0.05, 0) is 0 Å². The molecule has 2 rings (SSSR count). The molecule has 2 fully saturated rings. The first kappa shape index (κ1) is 15.6. The van der Waals surface area contributed by atoms with Gasteiger partial charge in [0.2, 0.25) is 12.4 Å². The van der Waals surface area contributed by atoms with Crippen molar-refractivity contribution in [2.75, 3.05) is 6.61 Å². The number of alkyl halides is 1. The predicted octanol–water partition coefficient (Wildman–Crippen LogP) is -1.77. The molecular weight excluding hydrogens is 291 g/mol. The van der Waals surface area contributed by atoms with Gasteiger partial charge in [-0.3, -0.25) is 19.8 Å². The van der Waals surface area contributed by atoms with Crippen LogP contribution in [-0.2, 0) is 19.1 Å². The summed E-state index contributed by atoms with van der Waals surface area (Å²) in [5.41, 5.74) is 0. The third-order valence-electron chi connectivity index (χ3n) is 3.22. The molecule has 0 aromatic carbocycles. The lowest BCUT2D eigenvalue weighted by Gasteiger charge is -2.38. The van der Waals surface area contributed by atoms with Gasteiger partial charge in [0.25, 0.3) is 5.91 Å². The molecule has 0 aromatic rings. The van der Waals surface area contributed by atoms with E-state index in [2.05, 4.69) is 4.74 Å². The fourth-order valence-corrected chi connectivity index (χ4v) is 2.26. The molecule has 2 aliphatic heterocycles. The Bertz CT molecular complexity index is 460. The van der Waals surface area contributed by atoms with Gasteiger partial charge in [0, 0.05) is 13.3 Å². The van der Waals surface area contributed by atoms with Crippen molar-refractivity contribution in [3.8, 4) is 0 Å². The van der Waals surface area contributed by atoms with Crippen molar-refractivity contribution in [2.24, 2.45) is 0 Å². The van der Waals surface area contributed by atoms with Crippen LogP contribution in [-0.4, -0.2) is 70.5 Å². The van der Waals surface area contributed by atoms with Crippen LogP contribution in [0.25, 0.3) is 0 Å². The fourth-order valence-electron chi connectivity index (χ4n) is 2.26. The number of hydrogen-bond acceptors (Lipinski definition) is 7. The quantitative estimate of drug-likeness (QED) is 0.527. The van der Waals surface area contributed by atoms with Crippen LogP contribution < -0.4 is 5.32 Å². The highest BCUT2D eigenvalue weighted by Crippen LogP contribution is 2.28. The Kier molecular flexibility index (Phi) is 4.40. The van der Waals surface area contributed by atoms with E-state index in [0.717, 1.165) is 6.92 Å². The maximum Gasteiger partial charge on any atom is 0.329 e. The summed E-state index contributed by atoms with van der Waals surface area (Å²) in [5.74, 6) is -2.10. The summed E-state index contributed by atoms with van der Waals surface area (Å²) in [4.78, 5) is 34.9. The van der Waals surface area contributed by atoms with Crippen LogP contribution >= 0.6 is 0 Å². The monoisotopic (exact) mass is 306 g/mol. The molecule has 3 amide bonds. The predicted molar refractivity (Wildman–Crippen MR) is 62.2 cm³/mol. The normalized spacial score (nSPS) is 36.6. The zero-order chi connectivity index (χ0) is 15.7. The highest BCUT2D eigenvalue weighted by Gasteiger charge is 2.50. The number of urea groups is 1. The molecular formula is C11H15FN2O7. The smallest absolute Gasteiger partial charge is 0.329 e. The third-order valence-corrected chi connectivity index (χ3v) is 3.22. The van der Waals surface area contributed by atoms with E-state index in [-0.39, 0.29) is 6.42 Å². The Morgan fingerprint density at radius 3 is 2.76 bits per heavy atom. The van der Waals surface area contributed by atoms with Crippen LogP contribution in [0.2, 0.25) is 0 Å². The van der Waals surface area contributed by atoms with Crippen molar-refractivity contribution >= 4 is 17.9 Å². The number of hydrogen-bond donors (Lipinski definition) is 3. The summed E-state index contributed by atoms with van der Waals surface area (Å²) in [6, 6.07) is -1.00. The van der Waals surface area contributed by atoms with Gasteiger partial charge in [-0.25, -0.2) is 9.18 Å². The molecule has 0 bridgehead atoms. The zero-order valence-corrected chi connectivity index (χ0v) is 11.1. The average Bonchev–Trinajstić information content (AvgIpc) is 2.76.